The highest BCUT2D eigenvalue weighted by Gasteiger charge is 1.92. The van der Waals surface area contributed by atoms with Crippen molar-refractivity contribution in [2.24, 2.45) is 0 Å². The van der Waals surface area contributed by atoms with Crippen molar-refractivity contribution in [2.45, 2.75) is 19.4 Å². The topological polar surface area (TPSA) is 101 Å². The van der Waals surface area contributed by atoms with Crippen molar-refractivity contribution >= 4 is 0 Å². The molecule has 88 valence electrons. The van der Waals surface area contributed by atoms with Crippen LogP contribution in [-0.2, 0) is 0 Å². The van der Waals surface area contributed by atoms with Crippen LogP contribution in [0.15, 0.2) is 12.7 Å². The van der Waals surface area contributed by atoms with Crippen LogP contribution in [0.4, 0.5) is 0 Å². The van der Waals surface area contributed by atoms with Gasteiger partial charge in [-0.2, -0.15) is 0 Å². The van der Waals surface area contributed by atoms with Gasteiger partial charge in [0.1, 0.15) is 0 Å². The molecule has 0 heterocycles. The fourth-order valence-electron chi connectivity index (χ4n) is 0.129. The average molecular weight is 210 g/mol. The number of hydrogen-bond donors (Lipinski definition) is 5. The summed E-state index contributed by atoms with van der Waals surface area (Å²) in [6.45, 7) is 4.77. The molecule has 0 rings (SSSR count). The van der Waals surface area contributed by atoms with Crippen LogP contribution in [-0.4, -0.2) is 58.1 Å². The quantitative estimate of drug-likeness (QED) is 0.379. The first-order valence-electron chi connectivity index (χ1n) is 4.36. The molecule has 0 amide bonds. The summed E-state index contributed by atoms with van der Waals surface area (Å²) in [5, 5.41) is 39.5. The van der Waals surface area contributed by atoms with Gasteiger partial charge in [0.2, 0.25) is 0 Å². The Morgan fingerprint density at radius 2 is 1.50 bits per heavy atom. The predicted molar refractivity (Wildman–Crippen MR) is 54.8 cm³/mol. The predicted octanol–water partition coefficient (Wildman–Crippen LogP) is -1.11. The summed E-state index contributed by atoms with van der Waals surface area (Å²) >= 11 is 0. The zero-order valence-corrected chi connectivity index (χ0v) is 8.63. The summed E-state index contributed by atoms with van der Waals surface area (Å²) < 4.78 is 0. The maximum Gasteiger partial charge on any atom is 0.0768 e. The standard InChI is InChI=1S/C4H10O2.C3H6O.C2H6O2/c1-2-4(6)3-5;1-2-3-4;3-1-2-4/h4-6H,2-3H2,1H3;2,4H,1,3H2;3-4H,1-2H2. The van der Waals surface area contributed by atoms with Crippen molar-refractivity contribution in [3.63, 3.8) is 0 Å². The van der Waals surface area contributed by atoms with E-state index >= 15 is 0 Å². The molecule has 0 aliphatic heterocycles. The molecule has 0 aromatic carbocycles. The average Bonchev–Trinajstić information content (AvgIpc) is 2.28. The van der Waals surface area contributed by atoms with Gasteiger partial charge in [0, 0.05) is 0 Å². The molecule has 0 aromatic heterocycles. The van der Waals surface area contributed by atoms with Crippen molar-refractivity contribution in [1.82, 2.24) is 0 Å². The summed E-state index contributed by atoms with van der Waals surface area (Å²) in [5.41, 5.74) is 0. The molecule has 1 unspecified atom stereocenters. The summed E-state index contributed by atoms with van der Waals surface area (Å²) in [7, 11) is 0. The van der Waals surface area contributed by atoms with Gasteiger partial charge in [-0.25, -0.2) is 0 Å². The van der Waals surface area contributed by atoms with E-state index in [2.05, 4.69) is 6.58 Å². The molecule has 0 fully saturated rings. The number of rotatable bonds is 4. The van der Waals surface area contributed by atoms with E-state index in [1.165, 1.54) is 6.08 Å². The summed E-state index contributed by atoms with van der Waals surface area (Å²) in [5.74, 6) is 0. The molecular formula is C9H22O5. The number of hydrogen-bond acceptors (Lipinski definition) is 5. The van der Waals surface area contributed by atoms with Gasteiger partial charge in [0.15, 0.2) is 0 Å². The molecule has 0 radical (unpaired) electrons. The SMILES string of the molecule is C=CCO.CCC(O)CO.OCCO. The van der Waals surface area contributed by atoms with Gasteiger partial charge in [-0.15, -0.1) is 6.58 Å². The normalized spacial score (nSPS) is 10.1. The Kier molecular flexibility index (Phi) is 31.3. The van der Waals surface area contributed by atoms with E-state index in [1.54, 1.807) is 0 Å². The Hall–Kier alpha value is -0.460. The fraction of sp³-hybridized carbons (Fsp3) is 0.778. The van der Waals surface area contributed by atoms with Crippen LogP contribution >= 0.6 is 0 Å². The summed E-state index contributed by atoms with van der Waals surface area (Å²) in [6, 6.07) is 0. The first-order valence-corrected chi connectivity index (χ1v) is 4.36. The van der Waals surface area contributed by atoms with E-state index in [9.17, 15) is 0 Å². The molecule has 0 aliphatic carbocycles. The molecule has 14 heavy (non-hydrogen) atoms. The maximum atomic E-state index is 8.42. The first-order chi connectivity index (χ1) is 6.64. The van der Waals surface area contributed by atoms with Crippen molar-refractivity contribution < 1.29 is 25.5 Å². The van der Waals surface area contributed by atoms with Gasteiger partial charge in [-0.1, -0.05) is 13.0 Å². The lowest BCUT2D eigenvalue weighted by atomic mass is 10.3. The fourth-order valence-corrected chi connectivity index (χ4v) is 0.129. The Bertz CT molecular complexity index is 81.3. The van der Waals surface area contributed by atoms with E-state index in [1.807, 2.05) is 6.92 Å². The number of aliphatic hydroxyl groups excluding tert-OH is 5. The highest BCUT2D eigenvalue weighted by Crippen LogP contribution is 1.83. The van der Waals surface area contributed by atoms with Crippen molar-refractivity contribution in [1.29, 1.82) is 0 Å². The molecule has 0 saturated heterocycles. The second-order valence-electron chi connectivity index (χ2n) is 2.16. The zero-order chi connectivity index (χ0) is 11.8. The summed E-state index contributed by atoms with van der Waals surface area (Å²) in [6.07, 6.45) is 1.56. The molecule has 0 aromatic rings. The monoisotopic (exact) mass is 210 g/mol. The van der Waals surface area contributed by atoms with Crippen molar-refractivity contribution in [2.75, 3.05) is 26.4 Å². The van der Waals surface area contributed by atoms with E-state index in [0.29, 0.717) is 6.42 Å². The van der Waals surface area contributed by atoms with Crippen LogP contribution in [0.2, 0.25) is 0 Å². The van der Waals surface area contributed by atoms with E-state index in [-0.39, 0.29) is 26.4 Å². The minimum atomic E-state index is -0.509. The zero-order valence-electron chi connectivity index (χ0n) is 8.63. The van der Waals surface area contributed by atoms with Gasteiger partial charge in [-0.05, 0) is 6.42 Å². The van der Waals surface area contributed by atoms with E-state index < -0.39 is 6.10 Å². The van der Waals surface area contributed by atoms with Gasteiger partial charge in [0.25, 0.3) is 0 Å². The van der Waals surface area contributed by atoms with Crippen molar-refractivity contribution in [3.8, 4) is 0 Å². The Balaban J connectivity index is -0.000000135. The van der Waals surface area contributed by atoms with Gasteiger partial charge in [-0.3, -0.25) is 0 Å². The second-order valence-corrected chi connectivity index (χ2v) is 2.16. The van der Waals surface area contributed by atoms with Crippen LogP contribution in [0.5, 0.6) is 0 Å². The van der Waals surface area contributed by atoms with Crippen LogP contribution in [0, 0.1) is 0 Å². The Morgan fingerprint density at radius 1 is 1.14 bits per heavy atom. The third-order valence-corrected chi connectivity index (χ3v) is 0.911. The van der Waals surface area contributed by atoms with Gasteiger partial charge < -0.3 is 25.5 Å². The highest BCUT2D eigenvalue weighted by atomic mass is 16.3. The van der Waals surface area contributed by atoms with Crippen LogP contribution < -0.4 is 0 Å². The largest absolute Gasteiger partial charge is 0.394 e. The van der Waals surface area contributed by atoms with Crippen LogP contribution in [0.3, 0.4) is 0 Å². The van der Waals surface area contributed by atoms with E-state index in [4.69, 9.17) is 25.5 Å². The molecule has 0 saturated carbocycles. The molecule has 5 N–H and O–H groups in total. The Labute approximate surface area is 85.0 Å². The van der Waals surface area contributed by atoms with Crippen molar-refractivity contribution in [3.05, 3.63) is 12.7 Å². The highest BCUT2D eigenvalue weighted by molar-refractivity contribution is 4.60. The first kappa shape index (κ1) is 19.2. The molecule has 5 heteroatoms. The molecule has 1 atom stereocenters. The third-order valence-electron chi connectivity index (χ3n) is 0.911. The van der Waals surface area contributed by atoms with Crippen LogP contribution in [0.1, 0.15) is 13.3 Å². The van der Waals surface area contributed by atoms with Crippen LogP contribution in [0.25, 0.3) is 0 Å². The molecule has 5 nitrogen and oxygen atoms in total. The summed E-state index contributed by atoms with van der Waals surface area (Å²) in [4.78, 5) is 0. The Morgan fingerprint density at radius 3 is 1.50 bits per heavy atom. The molecule has 0 spiro atoms. The van der Waals surface area contributed by atoms with Gasteiger partial charge in [0.05, 0.1) is 32.5 Å². The smallest absolute Gasteiger partial charge is 0.0768 e. The van der Waals surface area contributed by atoms with Gasteiger partial charge >= 0.3 is 0 Å². The maximum absolute atomic E-state index is 8.42. The minimum absolute atomic E-state index is 0.0833. The molecule has 0 bridgehead atoms. The lowest BCUT2D eigenvalue weighted by Gasteiger charge is -1.97. The third kappa shape index (κ3) is 41.8. The minimum Gasteiger partial charge on any atom is -0.394 e. The second kappa shape index (κ2) is 22.9. The lowest BCUT2D eigenvalue weighted by molar-refractivity contribution is 0.0923. The lowest BCUT2D eigenvalue weighted by Crippen LogP contribution is -2.08. The molecule has 0 aliphatic rings. The number of aliphatic hydroxyl groups is 5. The molecular weight excluding hydrogens is 188 g/mol. The van der Waals surface area contributed by atoms with E-state index in [0.717, 1.165) is 0 Å².